The fourth-order valence-electron chi connectivity index (χ4n) is 4.04. The minimum Gasteiger partial charge on any atom is -0.444 e. The van der Waals surface area contributed by atoms with E-state index in [1.54, 1.807) is 12.1 Å². The summed E-state index contributed by atoms with van der Waals surface area (Å²) in [7, 11) is 0. The number of carbonyl (C=O) groups is 2. The number of nitrogens with one attached hydrogen (secondary N) is 1. The highest BCUT2D eigenvalue weighted by molar-refractivity contribution is 5.94. The molecular weight excluding hydrogens is 402 g/mol. The zero-order valence-electron chi connectivity index (χ0n) is 19.2. The van der Waals surface area contributed by atoms with E-state index in [0.29, 0.717) is 24.2 Å². The summed E-state index contributed by atoms with van der Waals surface area (Å²) in [4.78, 5) is 29.3. The molecule has 1 N–H and O–H groups in total. The molecule has 1 fully saturated rings. The van der Waals surface area contributed by atoms with Crippen LogP contribution in [-0.4, -0.2) is 49.1 Å². The van der Waals surface area contributed by atoms with Crippen LogP contribution in [0.25, 0.3) is 0 Å². The number of hydrogen-bond donors (Lipinski definition) is 1. The van der Waals surface area contributed by atoms with Crippen molar-refractivity contribution in [1.29, 1.82) is 0 Å². The first-order valence-electron chi connectivity index (χ1n) is 11.6. The zero-order chi connectivity index (χ0) is 22.8. The van der Waals surface area contributed by atoms with Gasteiger partial charge in [-0.2, -0.15) is 0 Å². The molecule has 32 heavy (non-hydrogen) atoms. The number of nitrogens with zero attached hydrogens (tertiary/aromatic N) is 2. The Bertz CT molecular complexity index is 834. The highest BCUT2D eigenvalue weighted by Crippen LogP contribution is 2.21. The lowest BCUT2D eigenvalue weighted by molar-refractivity contribution is -0.119. The normalized spacial score (nSPS) is 14.8. The summed E-state index contributed by atoms with van der Waals surface area (Å²) in [6.45, 7) is 7.47. The Morgan fingerprint density at radius 1 is 1.03 bits per heavy atom. The van der Waals surface area contributed by atoms with Crippen LogP contribution >= 0.6 is 0 Å². The van der Waals surface area contributed by atoms with E-state index in [4.69, 9.17) is 4.74 Å². The maximum atomic E-state index is 12.8. The molecule has 0 spiro atoms. The van der Waals surface area contributed by atoms with Crippen molar-refractivity contribution in [1.82, 2.24) is 10.2 Å². The molecule has 0 aliphatic carbocycles. The number of para-hydroxylation sites is 1. The topological polar surface area (TPSA) is 61.9 Å². The summed E-state index contributed by atoms with van der Waals surface area (Å²) in [5, 5.41) is 2.99. The first-order chi connectivity index (χ1) is 15.5. The molecule has 2 aromatic carbocycles. The third-order valence-electron chi connectivity index (χ3n) is 6.05. The zero-order valence-corrected chi connectivity index (χ0v) is 19.2. The molecule has 2 aromatic rings. The smallest absolute Gasteiger partial charge is 0.415 e. The predicted octanol–water partition coefficient (Wildman–Crippen LogP) is 4.46. The van der Waals surface area contributed by atoms with Crippen LogP contribution in [-0.2, 0) is 16.1 Å². The molecule has 0 atom stereocenters. The highest BCUT2D eigenvalue weighted by atomic mass is 16.6. The van der Waals surface area contributed by atoms with Crippen LogP contribution in [0.2, 0.25) is 0 Å². The molecule has 0 saturated carbocycles. The van der Waals surface area contributed by atoms with Crippen molar-refractivity contribution in [2.45, 2.75) is 45.8 Å². The lowest BCUT2D eigenvalue weighted by atomic mass is 9.93. The van der Waals surface area contributed by atoms with Crippen LogP contribution in [0.4, 0.5) is 10.5 Å². The van der Waals surface area contributed by atoms with Crippen molar-refractivity contribution in [3.63, 3.8) is 0 Å². The van der Waals surface area contributed by atoms with Gasteiger partial charge in [0.05, 0.1) is 0 Å². The van der Waals surface area contributed by atoms with E-state index < -0.39 is 6.09 Å². The number of amides is 2. The van der Waals surface area contributed by atoms with Crippen molar-refractivity contribution in [3.8, 4) is 0 Å². The number of piperidine rings is 1. The van der Waals surface area contributed by atoms with E-state index in [1.165, 1.54) is 17.7 Å². The Labute approximate surface area is 191 Å². The van der Waals surface area contributed by atoms with Gasteiger partial charge >= 0.3 is 6.09 Å². The number of hydrogen-bond acceptors (Lipinski definition) is 4. The lowest BCUT2D eigenvalue weighted by Crippen LogP contribution is -2.42. The van der Waals surface area contributed by atoms with Crippen LogP contribution in [0.15, 0.2) is 60.7 Å². The average Bonchev–Trinajstić information content (AvgIpc) is 2.82. The van der Waals surface area contributed by atoms with Crippen LogP contribution in [0, 0.1) is 5.92 Å². The van der Waals surface area contributed by atoms with Crippen molar-refractivity contribution >= 4 is 17.7 Å². The predicted molar refractivity (Wildman–Crippen MR) is 127 cm³/mol. The molecule has 1 aliphatic rings. The van der Waals surface area contributed by atoms with Gasteiger partial charge in [-0.25, -0.2) is 4.79 Å². The standard InChI is InChI=1S/C26H35N3O3/c1-21(2)28-17-14-22(15-18-28)13-16-27-25(30)19-29(24-11-7-4-8-12-24)26(31)32-20-23-9-5-3-6-10-23/h3-12,21-22H,13-20H2,1-2H3,(H,27,30). The minimum absolute atomic E-state index is 0.0660. The van der Waals surface area contributed by atoms with Crippen molar-refractivity contribution in [2.75, 3.05) is 31.1 Å². The third-order valence-corrected chi connectivity index (χ3v) is 6.05. The fraction of sp³-hybridized carbons (Fsp3) is 0.462. The van der Waals surface area contributed by atoms with E-state index in [-0.39, 0.29) is 19.1 Å². The summed E-state index contributed by atoms with van der Waals surface area (Å²) < 4.78 is 5.48. The Morgan fingerprint density at radius 3 is 2.28 bits per heavy atom. The van der Waals surface area contributed by atoms with Gasteiger partial charge in [-0.3, -0.25) is 9.69 Å². The van der Waals surface area contributed by atoms with Crippen LogP contribution in [0.1, 0.15) is 38.7 Å². The van der Waals surface area contributed by atoms with Crippen molar-refractivity contribution < 1.29 is 14.3 Å². The Morgan fingerprint density at radius 2 is 1.66 bits per heavy atom. The molecule has 0 aromatic heterocycles. The Kier molecular flexibility index (Phi) is 9.11. The number of benzene rings is 2. The molecule has 3 rings (SSSR count). The SMILES string of the molecule is CC(C)N1CCC(CCNC(=O)CN(C(=O)OCc2ccccc2)c2ccccc2)CC1. The van der Waals surface area contributed by atoms with Gasteiger partial charge in [0, 0.05) is 18.3 Å². The molecule has 0 radical (unpaired) electrons. The monoisotopic (exact) mass is 437 g/mol. The maximum absolute atomic E-state index is 12.8. The van der Waals surface area contributed by atoms with Gasteiger partial charge < -0.3 is 15.0 Å². The first kappa shape index (κ1) is 23.8. The molecule has 1 aliphatic heterocycles. The quantitative estimate of drug-likeness (QED) is 0.629. The van der Waals surface area contributed by atoms with Gasteiger partial charge in [0.15, 0.2) is 0 Å². The molecule has 6 heteroatoms. The summed E-state index contributed by atoms with van der Waals surface area (Å²) in [5.41, 5.74) is 1.54. The molecule has 2 amide bonds. The largest absolute Gasteiger partial charge is 0.444 e. The Hall–Kier alpha value is -2.86. The summed E-state index contributed by atoms with van der Waals surface area (Å²) in [5.74, 6) is 0.469. The van der Waals surface area contributed by atoms with E-state index in [1.807, 2.05) is 48.5 Å². The minimum atomic E-state index is -0.531. The third kappa shape index (κ3) is 7.38. The number of carbonyl (C=O) groups excluding carboxylic acids is 2. The number of likely N-dealkylation sites (tertiary alicyclic amines) is 1. The second-order valence-corrected chi connectivity index (χ2v) is 8.67. The summed E-state index contributed by atoms with van der Waals surface area (Å²) in [6, 6.07) is 19.3. The van der Waals surface area contributed by atoms with E-state index in [0.717, 1.165) is 25.1 Å². The number of anilines is 1. The molecule has 172 valence electrons. The molecule has 1 heterocycles. The highest BCUT2D eigenvalue weighted by Gasteiger charge is 2.22. The fourth-order valence-corrected chi connectivity index (χ4v) is 4.04. The lowest BCUT2D eigenvalue weighted by Gasteiger charge is -2.34. The maximum Gasteiger partial charge on any atom is 0.415 e. The molecule has 0 unspecified atom stereocenters. The Balaban J connectivity index is 1.48. The van der Waals surface area contributed by atoms with E-state index >= 15 is 0 Å². The van der Waals surface area contributed by atoms with E-state index in [9.17, 15) is 9.59 Å². The second-order valence-electron chi connectivity index (χ2n) is 8.67. The van der Waals surface area contributed by atoms with Gasteiger partial charge in [-0.15, -0.1) is 0 Å². The number of rotatable bonds is 9. The van der Waals surface area contributed by atoms with Gasteiger partial charge in [0.2, 0.25) is 5.91 Å². The summed E-state index contributed by atoms with van der Waals surface area (Å²) in [6.07, 6.45) is 2.80. The van der Waals surface area contributed by atoms with Gasteiger partial charge in [0.1, 0.15) is 13.2 Å². The molecule has 0 bridgehead atoms. The first-order valence-corrected chi connectivity index (χ1v) is 11.6. The van der Waals surface area contributed by atoms with Crippen LogP contribution in [0.3, 0.4) is 0 Å². The molecule has 6 nitrogen and oxygen atoms in total. The van der Waals surface area contributed by atoms with E-state index in [2.05, 4.69) is 24.1 Å². The van der Waals surface area contributed by atoms with Gasteiger partial charge in [-0.05, 0) is 69.8 Å². The van der Waals surface area contributed by atoms with Crippen LogP contribution < -0.4 is 10.2 Å². The molecular formula is C26H35N3O3. The number of ether oxygens (including phenoxy) is 1. The van der Waals surface area contributed by atoms with Gasteiger partial charge in [-0.1, -0.05) is 48.5 Å². The van der Waals surface area contributed by atoms with Gasteiger partial charge in [0.25, 0.3) is 0 Å². The van der Waals surface area contributed by atoms with Crippen molar-refractivity contribution in [2.24, 2.45) is 5.92 Å². The van der Waals surface area contributed by atoms with Crippen molar-refractivity contribution in [3.05, 3.63) is 66.2 Å². The average molecular weight is 438 g/mol. The van der Waals surface area contributed by atoms with Crippen LogP contribution in [0.5, 0.6) is 0 Å². The second kappa shape index (κ2) is 12.2. The summed E-state index contributed by atoms with van der Waals surface area (Å²) >= 11 is 0. The molecule has 1 saturated heterocycles.